The van der Waals surface area contributed by atoms with Gasteiger partial charge in [-0.15, -0.1) is 0 Å². The number of methoxy groups -OCH3 is 1. The molecule has 1 fully saturated rings. The van der Waals surface area contributed by atoms with Gasteiger partial charge < -0.3 is 10.1 Å². The predicted molar refractivity (Wildman–Crippen MR) is 144 cm³/mol. The molecule has 192 valence electrons. The van der Waals surface area contributed by atoms with Crippen LogP contribution in [0.15, 0.2) is 89.5 Å². The Kier molecular flexibility index (Phi) is 8.40. The molecule has 38 heavy (non-hydrogen) atoms. The van der Waals surface area contributed by atoms with Crippen molar-refractivity contribution in [3.63, 3.8) is 0 Å². The molecular formula is C28H24N4O5S. The standard InChI is InChI=1S/C28H24N4O5S/c1-37-23-13-9-19(10-14-23)15-16-30-26(33)24(18-29)28-31(21-5-3-2-4-6-21)27(34)25(38-28)17-20-7-11-22(12-8-20)32(35)36/h2-14,25H,15-17H2,1H3,(H,30,33)/b28-24+/t25-/m0/s1. The van der Waals surface area contributed by atoms with Gasteiger partial charge in [0, 0.05) is 24.4 Å². The molecule has 0 unspecified atom stereocenters. The van der Waals surface area contributed by atoms with Crippen molar-refractivity contribution in [2.24, 2.45) is 0 Å². The van der Waals surface area contributed by atoms with Gasteiger partial charge in [-0.05, 0) is 48.2 Å². The molecular weight excluding hydrogens is 504 g/mol. The highest BCUT2D eigenvalue weighted by molar-refractivity contribution is 8.05. The second kappa shape index (κ2) is 12.1. The van der Waals surface area contributed by atoms with Crippen molar-refractivity contribution in [1.82, 2.24) is 5.32 Å². The monoisotopic (exact) mass is 528 g/mol. The molecule has 0 bridgehead atoms. The molecule has 1 atom stereocenters. The highest BCUT2D eigenvalue weighted by Crippen LogP contribution is 2.41. The molecule has 0 aliphatic carbocycles. The fraction of sp³-hybridized carbons (Fsp3) is 0.179. The Hall–Kier alpha value is -4.62. The summed E-state index contributed by atoms with van der Waals surface area (Å²) in [4.78, 5) is 38.5. The number of hydrogen-bond donors (Lipinski definition) is 1. The van der Waals surface area contributed by atoms with Crippen LogP contribution in [0.25, 0.3) is 0 Å². The number of anilines is 1. The number of nitro benzene ring substituents is 1. The normalized spacial score (nSPS) is 16.1. The minimum atomic E-state index is -0.609. The molecule has 3 aromatic carbocycles. The number of amides is 2. The van der Waals surface area contributed by atoms with Crippen LogP contribution in [0, 0.1) is 21.4 Å². The average Bonchev–Trinajstić information content (AvgIpc) is 3.25. The van der Waals surface area contributed by atoms with Crippen LogP contribution in [-0.2, 0) is 22.4 Å². The molecule has 3 aromatic rings. The number of nitrogens with zero attached hydrogens (tertiary/aromatic N) is 3. The summed E-state index contributed by atoms with van der Waals surface area (Å²) < 4.78 is 5.16. The van der Waals surface area contributed by atoms with E-state index in [1.54, 1.807) is 43.5 Å². The highest BCUT2D eigenvalue weighted by atomic mass is 32.2. The first kappa shape index (κ1) is 26.4. The topological polar surface area (TPSA) is 126 Å². The average molecular weight is 529 g/mol. The number of rotatable bonds is 9. The third-order valence-electron chi connectivity index (χ3n) is 5.95. The van der Waals surface area contributed by atoms with Gasteiger partial charge in [-0.1, -0.05) is 54.2 Å². The molecule has 1 aliphatic heterocycles. The summed E-state index contributed by atoms with van der Waals surface area (Å²) in [5, 5.41) is 23.4. The third kappa shape index (κ3) is 6.02. The van der Waals surface area contributed by atoms with Crippen LogP contribution < -0.4 is 15.0 Å². The number of nitrogens with one attached hydrogen (secondary N) is 1. The zero-order chi connectivity index (χ0) is 27.1. The van der Waals surface area contributed by atoms with Gasteiger partial charge >= 0.3 is 0 Å². The molecule has 1 heterocycles. The van der Waals surface area contributed by atoms with Crippen LogP contribution >= 0.6 is 11.8 Å². The summed E-state index contributed by atoms with van der Waals surface area (Å²) >= 11 is 1.15. The van der Waals surface area contributed by atoms with Gasteiger partial charge in [0.05, 0.1) is 17.3 Å². The Morgan fingerprint density at radius 3 is 2.34 bits per heavy atom. The van der Waals surface area contributed by atoms with E-state index in [9.17, 15) is 25.0 Å². The van der Waals surface area contributed by atoms with Gasteiger partial charge in [0.25, 0.3) is 11.6 Å². The first-order valence-corrected chi connectivity index (χ1v) is 12.6. The predicted octanol–water partition coefficient (Wildman–Crippen LogP) is 4.39. The second-order valence-corrected chi connectivity index (χ2v) is 9.58. The number of nitriles is 1. The smallest absolute Gasteiger partial charge is 0.269 e. The van der Waals surface area contributed by atoms with E-state index in [1.165, 1.54) is 17.0 Å². The highest BCUT2D eigenvalue weighted by Gasteiger charge is 2.40. The SMILES string of the molecule is COc1ccc(CCNC(=O)/C(C#N)=C2/S[C@@H](Cc3ccc([N+](=O)[O-])cc3)C(=O)N2c2ccccc2)cc1. The molecule has 1 saturated heterocycles. The van der Waals surface area contributed by atoms with Crippen molar-refractivity contribution >= 4 is 35.0 Å². The van der Waals surface area contributed by atoms with E-state index < -0.39 is 16.1 Å². The van der Waals surface area contributed by atoms with E-state index in [2.05, 4.69) is 5.32 Å². The summed E-state index contributed by atoms with van der Waals surface area (Å²) in [6.45, 7) is 0.305. The number of para-hydroxylation sites is 1. The molecule has 10 heteroatoms. The maximum atomic E-state index is 13.5. The van der Waals surface area contributed by atoms with E-state index in [0.717, 1.165) is 28.6 Å². The first-order valence-electron chi connectivity index (χ1n) is 11.8. The minimum Gasteiger partial charge on any atom is -0.497 e. The fourth-order valence-corrected chi connectivity index (χ4v) is 5.28. The lowest BCUT2D eigenvalue weighted by Crippen LogP contribution is -2.32. The largest absolute Gasteiger partial charge is 0.497 e. The van der Waals surface area contributed by atoms with E-state index in [-0.39, 0.29) is 28.6 Å². The number of thioether (sulfide) groups is 1. The maximum absolute atomic E-state index is 13.5. The lowest BCUT2D eigenvalue weighted by atomic mass is 10.1. The van der Waals surface area contributed by atoms with Crippen molar-refractivity contribution in [1.29, 1.82) is 5.26 Å². The molecule has 2 amide bonds. The maximum Gasteiger partial charge on any atom is 0.269 e. The minimum absolute atomic E-state index is 0.0382. The Morgan fingerprint density at radius 2 is 1.74 bits per heavy atom. The molecule has 0 spiro atoms. The summed E-state index contributed by atoms with van der Waals surface area (Å²) in [6.07, 6.45) is 0.840. The lowest BCUT2D eigenvalue weighted by molar-refractivity contribution is -0.384. The fourth-order valence-electron chi connectivity index (χ4n) is 3.97. The number of ether oxygens (including phenoxy) is 1. The Morgan fingerprint density at radius 1 is 1.08 bits per heavy atom. The van der Waals surface area contributed by atoms with Crippen molar-refractivity contribution in [3.05, 3.63) is 111 Å². The zero-order valence-electron chi connectivity index (χ0n) is 20.5. The molecule has 0 saturated carbocycles. The number of hydrogen-bond acceptors (Lipinski definition) is 7. The molecule has 1 aliphatic rings. The number of nitro groups is 1. The van der Waals surface area contributed by atoms with E-state index in [4.69, 9.17) is 4.74 Å². The van der Waals surface area contributed by atoms with Gasteiger partial charge in [0.1, 0.15) is 22.4 Å². The van der Waals surface area contributed by atoms with Gasteiger partial charge in [-0.3, -0.25) is 24.6 Å². The quantitative estimate of drug-likeness (QED) is 0.189. The number of carbonyl (C=O) groups is 2. The van der Waals surface area contributed by atoms with Gasteiger partial charge in [0.2, 0.25) is 5.91 Å². The Bertz CT molecular complexity index is 1400. The van der Waals surface area contributed by atoms with Crippen LogP contribution in [-0.4, -0.2) is 35.6 Å². The number of carbonyl (C=O) groups excluding carboxylic acids is 2. The van der Waals surface area contributed by atoms with Crippen molar-refractivity contribution in [2.75, 3.05) is 18.6 Å². The summed E-state index contributed by atoms with van der Waals surface area (Å²) in [6, 6.07) is 24.3. The van der Waals surface area contributed by atoms with E-state index in [0.29, 0.717) is 18.7 Å². The number of benzene rings is 3. The summed E-state index contributed by atoms with van der Waals surface area (Å²) in [7, 11) is 1.59. The van der Waals surface area contributed by atoms with E-state index in [1.807, 2.05) is 36.4 Å². The number of non-ortho nitro benzene ring substituents is 1. The van der Waals surface area contributed by atoms with Crippen molar-refractivity contribution in [2.45, 2.75) is 18.1 Å². The Labute approximate surface area is 223 Å². The van der Waals surface area contributed by atoms with Crippen LogP contribution in [0.1, 0.15) is 11.1 Å². The van der Waals surface area contributed by atoms with Crippen LogP contribution in [0.2, 0.25) is 0 Å². The first-order chi connectivity index (χ1) is 18.4. The lowest BCUT2D eigenvalue weighted by Gasteiger charge is -2.18. The van der Waals surface area contributed by atoms with Gasteiger partial charge in [-0.25, -0.2) is 0 Å². The Balaban J connectivity index is 1.55. The zero-order valence-corrected chi connectivity index (χ0v) is 21.3. The molecule has 1 N–H and O–H groups in total. The molecule has 9 nitrogen and oxygen atoms in total. The van der Waals surface area contributed by atoms with Crippen LogP contribution in [0.3, 0.4) is 0 Å². The summed E-state index contributed by atoms with van der Waals surface area (Å²) in [5.74, 6) is -0.0944. The van der Waals surface area contributed by atoms with Crippen molar-refractivity contribution in [3.8, 4) is 11.8 Å². The molecule has 4 rings (SSSR count). The van der Waals surface area contributed by atoms with E-state index >= 15 is 0 Å². The van der Waals surface area contributed by atoms with Gasteiger partial charge in [-0.2, -0.15) is 5.26 Å². The molecule has 0 radical (unpaired) electrons. The van der Waals surface area contributed by atoms with Crippen LogP contribution in [0.4, 0.5) is 11.4 Å². The summed E-state index contributed by atoms with van der Waals surface area (Å²) in [5.41, 5.74) is 2.09. The third-order valence-corrected chi connectivity index (χ3v) is 7.21. The van der Waals surface area contributed by atoms with Crippen LogP contribution in [0.5, 0.6) is 5.75 Å². The second-order valence-electron chi connectivity index (χ2n) is 8.39. The van der Waals surface area contributed by atoms with Crippen molar-refractivity contribution < 1.29 is 19.2 Å². The molecule has 0 aromatic heterocycles. The van der Waals surface area contributed by atoms with Gasteiger partial charge in [0.15, 0.2) is 0 Å².